The number of aliphatic hydroxyl groups excluding tert-OH is 8. The van der Waals surface area contributed by atoms with Gasteiger partial charge in [-0.2, -0.15) is 0 Å². The Kier molecular flexibility index (Phi) is 50.4. The van der Waals surface area contributed by atoms with Crippen molar-refractivity contribution in [1.82, 2.24) is 0 Å². The van der Waals surface area contributed by atoms with Crippen LogP contribution in [0.2, 0.25) is 0 Å². The van der Waals surface area contributed by atoms with Gasteiger partial charge in [0.05, 0.1) is 119 Å². The van der Waals surface area contributed by atoms with Gasteiger partial charge in [-0.25, -0.2) is 0 Å². The van der Waals surface area contributed by atoms with Crippen LogP contribution in [0.4, 0.5) is 0 Å². The normalized spacial score (nSPS) is 31.1. The van der Waals surface area contributed by atoms with Gasteiger partial charge in [0.15, 0.2) is 0 Å². The number of ether oxygens (including phenoxy) is 10. The van der Waals surface area contributed by atoms with Crippen molar-refractivity contribution in [2.24, 2.45) is 29.1 Å². The van der Waals surface area contributed by atoms with Crippen LogP contribution in [0.5, 0.6) is 0 Å². The Morgan fingerprint density at radius 1 is 0.419 bits per heavy atom. The monoisotopic (exact) mass is 1240 g/mol. The molecule has 6 saturated carbocycles. The zero-order valence-electron chi connectivity index (χ0n) is 55.9. The number of aliphatic hydroxyl groups is 8. The van der Waals surface area contributed by atoms with Crippen LogP contribution in [0.15, 0.2) is 0 Å². The average Bonchev–Trinajstić information content (AvgIpc) is 3.34. The lowest BCUT2D eigenvalue weighted by atomic mass is 9.70. The van der Waals surface area contributed by atoms with Gasteiger partial charge in [0.1, 0.15) is 0 Å². The van der Waals surface area contributed by atoms with Crippen molar-refractivity contribution in [1.29, 1.82) is 0 Å². The van der Waals surface area contributed by atoms with Gasteiger partial charge in [-0.15, -0.1) is 0 Å². The van der Waals surface area contributed by atoms with Gasteiger partial charge in [0.25, 0.3) is 0 Å². The van der Waals surface area contributed by atoms with E-state index in [2.05, 4.69) is 27.7 Å². The lowest BCUT2D eigenvalue weighted by Crippen LogP contribution is -2.39. The Morgan fingerprint density at radius 3 is 1.23 bits per heavy atom. The lowest BCUT2D eigenvalue weighted by Gasteiger charge is -2.40. The summed E-state index contributed by atoms with van der Waals surface area (Å²) in [6, 6.07) is 0. The summed E-state index contributed by atoms with van der Waals surface area (Å²) >= 11 is 0. The van der Waals surface area contributed by atoms with Crippen molar-refractivity contribution >= 4 is 5.97 Å². The van der Waals surface area contributed by atoms with E-state index in [9.17, 15) is 25.2 Å². The molecule has 12 atom stereocenters. The van der Waals surface area contributed by atoms with Gasteiger partial charge in [-0.05, 0) is 202 Å². The first-order valence-electron chi connectivity index (χ1n) is 33.7. The van der Waals surface area contributed by atoms with Crippen molar-refractivity contribution < 1.29 is 93.0 Å². The number of rotatable bonds is 29. The molecule has 8 N–H and O–H groups in total. The van der Waals surface area contributed by atoms with E-state index in [-0.39, 0.29) is 86.1 Å². The molecular formula is C67H132O19. The van der Waals surface area contributed by atoms with Crippen molar-refractivity contribution in [3.63, 3.8) is 0 Å². The van der Waals surface area contributed by atoms with E-state index in [1.54, 1.807) is 42.7 Å². The van der Waals surface area contributed by atoms with E-state index in [0.29, 0.717) is 74.8 Å². The molecule has 19 nitrogen and oxygen atoms in total. The molecule has 0 spiro atoms. The fraction of sp³-hybridized carbons (Fsp3) is 0.985. The third-order valence-corrected chi connectivity index (χ3v) is 18.3. The maximum atomic E-state index is 11.4. The number of hydrogen-bond donors (Lipinski definition) is 8. The van der Waals surface area contributed by atoms with Crippen LogP contribution in [0.1, 0.15) is 220 Å². The molecule has 86 heavy (non-hydrogen) atoms. The van der Waals surface area contributed by atoms with E-state index < -0.39 is 0 Å². The Bertz CT molecular complexity index is 1510. The molecule has 6 fully saturated rings. The summed E-state index contributed by atoms with van der Waals surface area (Å²) in [5.41, 5.74) is 0.191. The molecule has 514 valence electrons. The molecule has 6 aliphatic rings. The van der Waals surface area contributed by atoms with E-state index in [1.807, 2.05) is 0 Å². The topological polar surface area (TPSA) is 271 Å². The number of hydrogen-bond acceptors (Lipinski definition) is 19. The standard InChI is InChI=1S/C16H30O4.C12H24O4.C11H22O3.C11H22O2.C9H18O3.C8H16O3/c1-3-4-5-8-16(18)20-11-6-7-13-9-10-14(17)15(12-13)19-2;1-15-12-9-10(4-5-11(12)14)3-2-7-16-8-6-13;1-13-7-3-4-9-5-6-10(12)11(8-9)14-2;1-11(2,3)9-7-8(13-4)5-6-10(9)12;1-11-8-2-4-9(5-3-8)12-7-6-10;9-5-6-11-8-3-1-7(10)2-4-8/h13-15,17H,3-12H2,1-2H3;10-14H,2-9H2,1H3;9-12H,3-8H2,1-2H3;8-10,12H,5-7H2,1-4H3;8-10H,2-7H2,1H3;7-10H,1-6H2. The van der Waals surface area contributed by atoms with Crippen molar-refractivity contribution in [3.8, 4) is 0 Å². The molecule has 0 aromatic carbocycles. The highest BCUT2D eigenvalue weighted by Gasteiger charge is 2.37. The van der Waals surface area contributed by atoms with Crippen LogP contribution in [0.3, 0.4) is 0 Å². The summed E-state index contributed by atoms with van der Waals surface area (Å²) in [5.74, 6) is 2.25. The second-order valence-corrected chi connectivity index (χ2v) is 26.0. The predicted molar refractivity (Wildman–Crippen MR) is 336 cm³/mol. The number of esters is 1. The third-order valence-electron chi connectivity index (χ3n) is 18.3. The van der Waals surface area contributed by atoms with Crippen LogP contribution in [0.25, 0.3) is 0 Å². The molecule has 6 aliphatic carbocycles. The SMILES string of the molecule is CCCCCC(=O)OCCCC1CCC(O)C(OC)C1.COC1CC(CCCOCCO)CCC1O.COC1CCC(O)C(C(C)(C)C)C1.COC1CCC(OCCO)CC1.COCCCC1CCC(O)C(OC)C1.OCCOC1CCC(O)CC1. The molecule has 0 aromatic heterocycles. The van der Waals surface area contributed by atoms with Gasteiger partial charge in [-0.3, -0.25) is 4.79 Å². The third kappa shape index (κ3) is 39.2. The zero-order valence-corrected chi connectivity index (χ0v) is 55.9. The summed E-state index contributed by atoms with van der Waals surface area (Å²) < 4.78 is 52.6. The highest BCUT2D eigenvalue weighted by molar-refractivity contribution is 5.69. The van der Waals surface area contributed by atoms with Crippen LogP contribution < -0.4 is 0 Å². The van der Waals surface area contributed by atoms with Crippen LogP contribution >= 0.6 is 0 Å². The largest absolute Gasteiger partial charge is 0.466 e. The Hall–Kier alpha value is -1.21. The molecular weight excluding hydrogens is 1110 g/mol. The van der Waals surface area contributed by atoms with Gasteiger partial charge < -0.3 is 88.2 Å². The van der Waals surface area contributed by atoms with Crippen LogP contribution in [0, 0.1) is 29.1 Å². The highest BCUT2D eigenvalue weighted by Crippen LogP contribution is 2.39. The van der Waals surface area contributed by atoms with E-state index in [1.165, 1.54) is 6.42 Å². The van der Waals surface area contributed by atoms with Crippen molar-refractivity contribution in [3.05, 3.63) is 0 Å². The fourth-order valence-corrected chi connectivity index (χ4v) is 12.8. The van der Waals surface area contributed by atoms with E-state index in [0.717, 1.165) is 193 Å². The molecule has 12 unspecified atom stereocenters. The molecule has 0 radical (unpaired) electrons. The van der Waals surface area contributed by atoms with Gasteiger partial charge in [0, 0.05) is 62.3 Å². The van der Waals surface area contributed by atoms with Crippen molar-refractivity contribution in [2.45, 2.75) is 294 Å². The number of carbonyl (C=O) groups is 1. The smallest absolute Gasteiger partial charge is 0.305 e. The van der Waals surface area contributed by atoms with Gasteiger partial charge in [-0.1, -0.05) is 40.5 Å². The first-order chi connectivity index (χ1) is 41.4. The minimum Gasteiger partial charge on any atom is -0.466 e. The number of unbranched alkanes of at least 4 members (excludes halogenated alkanes) is 2. The molecule has 0 aliphatic heterocycles. The summed E-state index contributed by atoms with van der Waals surface area (Å²) in [4.78, 5) is 11.4. The molecule has 19 heteroatoms. The summed E-state index contributed by atoms with van der Waals surface area (Å²) in [5, 5.41) is 73.6. The maximum Gasteiger partial charge on any atom is 0.305 e. The zero-order chi connectivity index (χ0) is 64.0. The van der Waals surface area contributed by atoms with E-state index in [4.69, 9.17) is 67.8 Å². The van der Waals surface area contributed by atoms with Crippen molar-refractivity contribution in [2.75, 3.05) is 102 Å². The van der Waals surface area contributed by atoms with Crippen LogP contribution in [-0.2, 0) is 52.2 Å². The molecule has 0 saturated heterocycles. The highest BCUT2D eigenvalue weighted by atomic mass is 16.5. The molecule has 0 aromatic rings. The minimum atomic E-state index is -0.312. The molecule has 0 bridgehead atoms. The number of methoxy groups -OCH3 is 6. The second-order valence-electron chi connectivity index (χ2n) is 26.0. The quantitative estimate of drug-likeness (QED) is 0.0256. The Morgan fingerprint density at radius 2 is 0.826 bits per heavy atom. The number of carbonyl (C=O) groups excluding carboxylic acids is 1. The summed E-state index contributed by atoms with van der Waals surface area (Å²) in [6.07, 6.45) is 29.9. The Balaban J connectivity index is 0.000000522. The first kappa shape index (κ1) is 82.8. The molecule has 0 heterocycles. The summed E-state index contributed by atoms with van der Waals surface area (Å²) in [7, 11) is 10.3. The lowest BCUT2D eigenvalue weighted by molar-refractivity contribution is -0.144. The second kappa shape index (κ2) is 52.3. The van der Waals surface area contributed by atoms with E-state index >= 15 is 0 Å². The minimum absolute atomic E-state index is 0.0112. The van der Waals surface area contributed by atoms with Gasteiger partial charge >= 0.3 is 5.97 Å². The average molecular weight is 1240 g/mol. The molecule has 0 amide bonds. The first-order valence-corrected chi connectivity index (χ1v) is 33.7. The van der Waals surface area contributed by atoms with Crippen LogP contribution in [-0.4, -0.2) is 222 Å². The fourth-order valence-electron chi connectivity index (χ4n) is 12.8. The van der Waals surface area contributed by atoms with Gasteiger partial charge in [0.2, 0.25) is 0 Å². The Labute approximate surface area is 521 Å². The maximum absolute atomic E-state index is 11.4. The predicted octanol–water partition coefficient (Wildman–Crippen LogP) is 9.07. The molecule has 6 rings (SSSR count). The summed E-state index contributed by atoms with van der Waals surface area (Å²) in [6.45, 7) is 12.5.